The summed E-state index contributed by atoms with van der Waals surface area (Å²) < 4.78 is 94.5. The molecule has 0 saturated heterocycles. The maximum absolute atomic E-state index is 13.8. The number of hydrogen-bond acceptors (Lipinski definition) is 2. The summed E-state index contributed by atoms with van der Waals surface area (Å²) in [5.74, 6) is 0. The maximum Gasteiger partial charge on any atom is 0.431 e. The summed E-state index contributed by atoms with van der Waals surface area (Å²) in [6.45, 7) is 0. The summed E-state index contributed by atoms with van der Waals surface area (Å²) in [7, 11) is 4.22. The Kier molecular flexibility index (Phi) is 5.56. The molecule has 0 aliphatic carbocycles. The second-order valence-corrected chi connectivity index (χ2v) is 5.21. The van der Waals surface area contributed by atoms with Crippen LogP contribution in [0.4, 0.5) is 36.4 Å². The van der Waals surface area contributed by atoms with Crippen molar-refractivity contribution >= 4 is 5.69 Å². The monoisotopic (exact) mass is 347 g/mol. The minimum absolute atomic E-state index is 0.0224. The second kappa shape index (κ2) is 6.54. The summed E-state index contributed by atoms with van der Waals surface area (Å²) in [4.78, 5) is 1.60. The van der Waals surface area contributed by atoms with E-state index in [0.29, 0.717) is 5.69 Å². The molecule has 0 spiro atoms. The van der Waals surface area contributed by atoms with Crippen LogP contribution in [-0.2, 0) is 4.74 Å². The molecule has 0 amide bonds. The number of halogens is 7. The van der Waals surface area contributed by atoms with Crippen molar-refractivity contribution in [2.45, 2.75) is 30.5 Å². The minimum atomic E-state index is -6.10. The molecule has 2 nitrogen and oxygen atoms in total. The number of ether oxygens (including phenoxy) is 1. The first-order chi connectivity index (χ1) is 10.3. The zero-order valence-corrected chi connectivity index (χ0v) is 12.6. The molecule has 0 bridgehead atoms. The van der Waals surface area contributed by atoms with Gasteiger partial charge in [0.2, 0.25) is 0 Å². The van der Waals surface area contributed by atoms with Crippen molar-refractivity contribution in [2.24, 2.45) is 0 Å². The fraction of sp³-hybridized carbons (Fsp3) is 0.571. The van der Waals surface area contributed by atoms with Crippen LogP contribution in [0, 0.1) is 0 Å². The van der Waals surface area contributed by atoms with Crippen LogP contribution >= 0.6 is 0 Å². The molecular formula is C14H16F7NO. The number of hydrogen-bond donors (Lipinski definition) is 0. The number of methoxy groups -OCH3 is 1. The third kappa shape index (κ3) is 4.07. The molecule has 1 atom stereocenters. The molecule has 0 fully saturated rings. The van der Waals surface area contributed by atoms with E-state index in [9.17, 15) is 30.7 Å². The zero-order chi connectivity index (χ0) is 18.1. The van der Waals surface area contributed by atoms with Crippen molar-refractivity contribution in [3.63, 3.8) is 0 Å². The van der Waals surface area contributed by atoms with Gasteiger partial charge in [-0.15, -0.1) is 0 Å². The highest BCUT2D eigenvalue weighted by molar-refractivity contribution is 5.47. The lowest BCUT2D eigenvalue weighted by molar-refractivity contribution is -0.348. The third-order valence-corrected chi connectivity index (χ3v) is 3.41. The maximum atomic E-state index is 13.8. The summed E-state index contributed by atoms with van der Waals surface area (Å²) in [5.41, 5.74) is -4.79. The van der Waals surface area contributed by atoms with Gasteiger partial charge < -0.3 is 9.64 Å². The van der Waals surface area contributed by atoms with Crippen molar-refractivity contribution < 1.29 is 35.5 Å². The Bertz CT molecular complexity index is 511. The molecule has 9 heteroatoms. The summed E-state index contributed by atoms with van der Waals surface area (Å²) in [6.07, 6.45) is -15.8. The Morgan fingerprint density at radius 2 is 1.52 bits per heavy atom. The SMILES string of the molecule is COC(CC(F)(C(F)(F)F)C(F)(F)F)c1cccc(N(C)C)c1. The van der Waals surface area contributed by atoms with Crippen molar-refractivity contribution in [2.75, 3.05) is 26.1 Å². The molecule has 0 aliphatic rings. The fourth-order valence-electron chi connectivity index (χ4n) is 1.99. The highest BCUT2D eigenvalue weighted by Gasteiger charge is 2.72. The number of rotatable bonds is 5. The summed E-state index contributed by atoms with van der Waals surface area (Å²) in [6, 6.07) is 5.68. The average molecular weight is 347 g/mol. The molecule has 1 aromatic carbocycles. The highest BCUT2D eigenvalue weighted by Crippen LogP contribution is 2.51. The lowest BCUT2D eigenvalue weighted by Crippen LogP contribution is -2.54. The molecule has 1 aromatic rings. The predicted molar refractivity (Wildman–Crippen MR) is 71.1 cm³/mol. The van der Waals surface area contributed by atoms with Crippen LogP contribution in [0.15, 0.2) is 24.3 Å². The molecule has 0 aliphatic heterocycles. The van der Waals surface area contributed by atoms with Gasteiger partial charge in [0.25, 0.3) is 0 Å². The van der Waals surface area contributed by atoms with E-state index in [1.54, 1.807) is 25.1 Å². The van der Waals surface area contributed by atoms with Crippen LogP contribution in [0.1, 0.15) is 18.1 Å². The summed E-state index contributed by atoms with van der Waals surface area (Å²) >= 11 is 0. The van der Waals surface area contributed by atoms with Gasteiger partial charge in [-0.25, -0.2) is 4.39 Å². The van der Waals surface area contributed by atoms with Gasteiger partial charge in [-0.1, -0.05) is 12.1 Å². The highest BCUT2D eigenvalue weighted by atomic mass is 19.4. The zero-order valence-electron chi connectivity index (χ0n) is 12.6. The van der Waals surface area contributed by atoms with E-state index in [2.05, 4.69) is 0 Å². The molecule has 0 N–H and O–H groups in total. The Hall–Kier alpha value is -1.51. The Labute approximate surface area is 128 Å². The van der Waals surface area contributed by atoms with Crippen LogP contribution in [0.25, 0.3) is 0 Å². The van der Waals surface area contributed by atoms with E-state index in [-0.39, 0.29) is 5.56 Å². The van der Waals surface area contributed by atoms with Gasteiger partial charge in [0.1, 0.15) is 0 Å². The van der Waals surface area contributed by atoms with E-state index in [1.165, 1.54) is 18.2 Å². The van der Waals surface area contributed by atoms with E-state index < -0.39 is 30.5 Å². The van der Waals surface area contributed by atoms with Gasteiger partial charge in [0.05, 0.1) is 6.10 Å². The topological polar surface area (TPSA) is 12.5 Å². The number of benzene rings is 1. The standard InChI is InChI=1S/C14H16F7NO/c1-22(2)10-6-4-5-9(7-10)11(23-3)8-12(15,13(16,17)18)14(19,20)21/h4-7,11H,8H2,1-3H3. The van der Waals surface area contributed by atoms with Crippen LogP contribution < -0.4 is 4.90 Å². The second-order valence-electron chi connectivity index (χ2n) is 5.21. The number of alkyl halides is 7. The van der Waals surface area contributed by atoms with Crippen molar-refractivity contribution in [3.05, 3.63) is 29.8 Å². The first-order valence-corrected chi connectivity index (χ1v) is 6.46. The van der Waals surface area contributed by atoms with E-state index >= 15 is 0 Å². The lowest BCUT2D eigenvalue weighted by Gasteiger charge is -2.32. The predicted octanol–water partition coefficient (Wildman–Crippen LogP) is 4.66. The largest absolute Gasteiger partial charge is 0.431 e. The first kappa shape index (κ1) is 19.5. The quantitative estimate of drug-likeness (QED) is 0.718. The molecule has 0 heterocycles. The van der Waals surface area contributed by atoms with Gasteiger partial charge in [-0.05, 0) is 17.7 Å². The Balaban J connectivity index is 3.22. The minimum Gasteiger partial charge on any atom is -0.378 e. The van der Waals surface area contributed by atoms with Crippen molar-refractivity contribution in [3.8, 4) is 0 Å². The van der Waals surface area contributed by atoms with E-state index in [0.717, 1.165) is 7.11 Å². The van der Waals surface area contributed by atoms with Crippen LogP contribution in [0.5, 0.6) is 0 Å². The first-order valence-electron chi connectivity index (χ1n) is 6.46. The van der Waals surface area contributed by atoms with E-state index in [1.807, 2.05) is 0 Å². The average Bonchev–Trinajstić information content (AvgIpc) is 2.42. The molecule has 0 aromatic heterocycles. The van der Waals surface area contributed by atoms with E-state index in [4.69, 9.17) is 4.74 Å². The van der Waals surface area contributed by atoms with Gasteiger partial charge in [0.15, 0.2) is 0 Å². The molecule has 1 unspecified atom stereocenters. The van der Waals surface area contributed by atoms with Crippen LogP contribution in [0.2, 0.25) is 0 Å². The lowest BCUT2D eigenvalue weighted by atomic mass is 9.92. The Morgan fingerprint density at radius 1 is 1.00 bits per heavy atom. The van der Waals surface area contributed by atoms with Gasteiger partial charge in [-0.3, -0.25) is 0 Å². The molecule has 0 radical (unpaired) electrons. The molecular weight excluding hydrogens is 331 g/mol. The van der Waals surface area contributed by atoms with Crippen molar-refractivity contribution in [1.82, 2.24) is 0 Å². The Morgan fingerprint density at radius 3 is 1.91 bits per heavy atom. The molecule has 23 heavy (non-hydrogen) atoms. The fourth-order valence-corrected chi connectivity index (χ4v) is 1.99. The number of nitrogens with zero attached hydrogens (tertiary/aromatic N) is 1. The summed E-state index contributed by atoms with van der Waals surface area (Å²) in [5, 5.41) is 0. The van der Waals surface area contributed by atoms with Crippen LogP contribution in [-0.4, -0.2) is 39.2 Å². The molecule has 132 valence electrons. The van der Waals surface area contributed by atoms with Crippen LogP contribution in [0.3, 0.4) is 0 Å². The number of anilines is 1. The van der Waals surface area contributed by atoms with Gasteiger partial charge >= 0.3 is 18.0 Å². The molecule has 0 saturated carbocycles. The smallest absolute Gasteiger partial charge is 0.378 e. The van der Waals surface area contributed by atoms with Gasteiger partial charge in [-0.2, -0.15) is 26.3 Å². The normalized spacial score (nSPS) is 14.7. The molecule has 1 rings (SSSR count). The van der Waals surface area contributed by atoms with Gasteiger partial charge in [0, 0.05) is 33.3 Å². The van der Waals surface area contributed by atoms with Crippen molar-refractivity contribution in [1.29, 1.82) is 0 Å². The third-order valence-electron chi connectivity index (χ3n) is 3.41.